The molecule has 0 aromatic heterocycles. The molecule has 23 heavy (non-hydrogen) atoms. The van der Waals surface area contributed by atoms with Gasteiger partial charge in [-0.05, 0) is 12.5 Å². The van der Waals surface area contributed by atoms with Gasteiger partial charge in [0.1, 0.15) is 6.61 Å². The van der Waals surface area contributed by atoms with Crippen LogP contribution in [0.3, 0.4) is 0 Å². The molecule has 0 atom stereocenters. The summed E-state index contributed by atoms with van der Waals surface area (Å²) in [5.74, 6) is -2.90. The molecule has 0 saturated heterocycles. The third kappa shape index (κ3) is 6.25. The number of nitrogens with zero attached hydrogens (tertiary/aromatic N) is 1. The zero-order valence-corrected chi connectivity index (χ0v) is 13.5. The molecule has 124 valence electrons. The molecule has 0 aliphatic carbocycles. The molecule has 1 N–H and O–H groups in total. The second kappa shape index (κ2) is 9.30. The molecule has 6 heteroatoms. The quantitative estimate of drug-likeness (QED) is 0.450. The lowest BCUT2D eigenvalue weighted by Crippen LogP contribution is -2.16. The van der Waals surface area contributed by atoms with E-state index in [0.717, 1.165) is 5.56 Å². The molecule has 1 rings (SSSR count). The van der Waals surface area contributed by atoms with Crippen molar-refractivity contribution >= 4 is 11.8 Å². The van der Waals surface area contributed by atoms with E-state index in [1.54, 1.807) is 38.1 Å². The Morgan fingerprint density at radius 3 is 2.39 bits per heavy atom. The highest BCUT2D eigenvalue weighted by Gasteiger charge is 2.22. The zero-order chi connectivity index (χ0) is 17.2. The third-order valence-corrected chi connectivity index (χ3v) is 2.66. The second-order valence-corrected chi connectivity index (χ2v) is 4.82. The molecule has 1 aromatic rings. The van der Waals surface area contributed by atoms with E-state index in [0.29, 0.717) is 0 Å². The van der Waals surface area contributed by atoms with Crippen molar-refractivity contribution in [1.82, 2.24) is 4.90 Å². The summed E-state index contributed by atoms with van der Waals surface area (Å²) in [6, 6.07) is 9.10. The number of ether oxygens (including phenoxy) is 2. The van der Waals surface area contributed by atoms with Gasteiger partial charge in [-0.15, -0.1) is 0 Å². The number of carbonyl (C=O) groups excluding carboxylic acids is 2. The van der Waals surface area contributed by atoms with Crippen LogP contribution in [-0.4, -0.2) is 42.5 Å². The predicted octanol–water partition coefficient (Wildman–Crippen LogP) is 2.18. The van der Waals surface area contributed by atoms with Gasteiger partial charge in [-0.1, -0.05) is 30.3 Å². The van der Waals surface area contributed by atoms with Crippen LogP contribution in [0.15, 0.2) is 54.1 Å². The first-order valence-corrected chi connectivity index (χ1v) is 7.11. The zero-order valence-electron chi connectivity index (χ0n) is 13.5. The minimum Gasteiger partial charge on any atom is -0.499 e. The molecule has 1 aromatic carbocycles. The first-order valence-electron chi connectivity index (χ1n) is 7.11. The van der Waals surface area contributed by atoms with E-state index >= 15 is 0 Å². The summed E-state index contributed by atoms with van der Waals surface area (Å²) in [5.41, 5.74) is 0.797. The molecule has 6 nitrogen and oxygen atoms in total. The summed E-state index contributed by atoms with van der Waals surface area (Å²) in [5, 5.41) is 9.93. The maximum absolute atomic E-state index is 12.2. The third-order valence-electron chi connectivity index (χ3n) is 2.66. The van der Waals surface area contributed by atoms with E-state index in [1.165, 1.54) is 12.3 Å². The average Bonchev–Trinajstić information content (AvgIpc) is 2.54. The van der Waals surface area contributed by atoms with Crippen LogP contribution in [0.2, 0.25) is 0 Å². The molecule has 0 heterocycles. The Hall–Kier alpha value is -2.76. The van der Waals surface area contributed by atoms with Gasteiger partial charge in [-0.2, -0.15) is 0 Å². The molecule has 0 bridgehead atoms. The Morgan fingerprint density at radius 1 is 1.17 bits per heavy atom. The van der Waals surface area contributed by atoms with Crippen LogP contribution in [0.5, 0.6) is 0 Å². The van der Waals surface area contributed by atoms with Crippen LogP contribution >= 0.6 is 0 Å². The number of allylic oxidation sites excluding steroid dienone is 1. The Labute approximate surface area is 135 Å². The van der Waals surface area contributed by atoms with E-state index in [2.05, 4.69) is 0 Å². The fourth-order valence-electron chi connectivity index (χ4n) is 1.57. The summed E-state index contributed by atoms with van der Waals surface area (Å²) in [6.07, 6.45) is 2.70. The maximum atomic E-state index is 12.2. The topological polar surface area (TPSA) is 76.1 Å². The number of carbonyl (C=O) groups is 2. The minimum absolute atomic E-state index is 0.0428. The molecule has 0 saturated carbocycles. The van der Waals surface area contributed by atoms with Crippen molar-refractivity contribution in [2.75, 3.05) is 20.7 Å². The first kappa shape index (κ1) is 18.3. The van der Waals surface area contributed by atoms with Crippen LogP contribution in [0.4, 0.5) is 0 Å². The largest absolute Gasteiger partial charge is 0.499 e. The van der Waals surface area contributed by atoms with Crippen molar-refractivity contribution in [3.8, 4) is 0 Å². The molecular weight excluding hydrogens is 298 g/mol. The van der Waals surface area contributed by atoms with E-state index < -0.39 is 23.3 Å². The fraction of sp³-hybridized carbons (Fsp3) is 0.294. The van der Waals surface area contributed by atoms with Gasteiger partial charge in [0, 0.05) is 26.4 Å². The standard InChI is InChI=1S/C17H21NO5/c1-4-22-17(21)15(20)16(14(19)10-11-18(2)3)23-12-13-8-6-5-7-9-13/h5-11,20H,4,12H2,1-3H3/b11-10+,16-15+. The fourth-order valence-corrected chi connectivity index (χ4v) is 1.57. The second-order valence-electron chi connectivity index (χ2n) is 4.82. The normalized spacial score (nSPS) is 11.8. The first-order chi connectivity index (χ1) is 11.0. The summed E-state index contributed by atoms with van der Waals surface area (Å²) in [7, 11) is 3.48. The van der Waals surface area contributed by atoms with Gasteiger partial charge < -0.3 is 19.5 Å². The lowest BCUT2D eigenvalue weighted by molar-refractivity contribution is -0.142. The van der Waals surface area contributed by atoms with Gasteiger partial charge in [0.15, 0.2) is 0 Å². The monoisotopic (exact) mass is 319 g/mol. The predicted molar refractivity (Wildman–Crippen MR) is 85.4 cm³/mol. The Kier molecular flexibility index (Phi) is 7.39. The van der Waals surface area contributed by atoms with Crippen molar-refractivity contribution in [3.63, 3.8) is 0 Å². The molecule has 0 amide bonds. The van der Waals surface area contributed by atoms with Gasteiger partial charge in [0.2, 0.25) is 17.3 Å². The SMILES string of the molecule is CCOC(=O)/C(O)=C(\OCc1ccccc1)C(=O)/C=C/N(C)C. The van der Waals surface area contributed by atoms with Crippen LogP contribution in [0.25, 0.3) is 0 Å². The Morgan fingerprint density at radius 2 is 1.83 bits per heavy atom. The van der Waals surface area contributed by atoms with E-state index in [1.807, 2.05) is 18.2 Å². The number of rotatable bonds is 8. The number of hydrogen-bond donors (Lipinski definition) is 1. The van der Waals surface area contributed by atoms with Gasteiger partial charge >= 0.3 is 5.97 Å². The number of ketones is 1. The number of benzene rings is 1. The summed E-state index contributed by atoms with van der Waals surface area (Å²) in [4.78, 5) is 25.4. The van der Waals surface area contributed by atoms with E-state index in [4.69, 9.17) is 9.47 Å². The van der Waals surface area contributed by atoms with E-state index in [-0.39, 0.29) is 13.2 Å². The van der Waals surface area contributed by atoms with Crippen LogP contribution < -0.4 is 0 Å². The van der Waals surface area contributed by atoms with Gasteiger partial charge in [-0.3, -0.25) is 4.79 Å². The number of hydrogen-bond acceptors (Lipinski definition) is 6. The molecule has 0 spiro atoms. The van der Waals surface area contributed by atoms with Gasteiger partial charge in [0.25, 0.3) is 0 Å². The number of esters is 1. The Balaban J connectivity index is 2.98. The van der Waals surface area contributed by atoms with Crippen molar-refractivity contribution in [2.24, 2.45) is 0 Å². The maximum Gasteiger partial charge on any atom is 0.377 e. The lowest BCUT2D eigenvalue weighted by Gasteiger charge is -2.11. The highest BCUT2D eigenvalue weighted by atomic mass is 16.5. The van der Waals surface area contributed by atoms with Gasteiger partial charge in [-0.25, -0.2) is 4.79 Å². The minimum atomic E-state index is -0.998. The highest BCUT2D eigenvalue weighted by molar-refractivity contribution is 6.06. The number of aliphatic hydroxyl groups is 1. The molecule has 0 radical (unpaired) electrons. The van der Waals surface area contributed by atoms with Crippen LogP contribution in [0, 0.1) is 0 Å². The molecule has 0 unspecified atom stereocenters. The van der Waals surface area contributed by atoms with Crippen LogP contribution in [0.1, 0.15) is 12.5 Å². The average molecular weight is 319 g/mol. The summed E-state index contributed by atoms with van der Waals surface area (Å²) in [6.45, 7) is 1.72. The van der Waals surface area contributed by atoms with E-state index in [9.17, 15) is 14.7 Å². The smallest absolute Gasteiger partial charge is 0.377 e. The Bertz CT molecular complexity index is 590. The van der Waals surface area contributed by atoms with Gasteiger partial charge in [0.05, 0.1) is 6.61 Å². The van der Waals surface area contributed by atoms with Crippen molar-refractivity contribution in [2.45, 2.75) is 13.5 Å². The molecular formula is C17H21NO5. The molecule has 0 aliphatic heterocycles. The molecule has 0 aliphatic rings. The van der Waals surface area contributed by atoms with Crippen molar-refractivity contribution in [3.05, 3.63) is 59.7 Å². The summed E-state index contributed by atoms with van der Waals surface area (Å²) >= 11 is 0. The van der Waals surface area contributed by atoms with Crippen molar-refractivity contribution in [1.29, 1.82) is 0 Å². The highest BCUT2D eigenvalue weighted by Crippen LogP contribution is 2.12. The van der Waals surface area contributed by atoms with Crippen molar-refractivity contribution < 1.29 is 24.2 Å². The number of aliphatic hydroxyl groups excluding tert-OH is 1. The lowest BCUT2D eigenvalue weighted by atomic mass is 10.2. The molecule has 0 fully saturated rings. The summed E-state index contributed by atoms with van der Waals surface area (Å²) < 4.78 is 10.1. The van der Waals surface area contributed by atoms with Crippen LogP contribution in [-0.2, 0) is 25.7 Å².